The van der Waals surface area contributed by atoms with Crippen molar-refractivity contribution in [1.82, 2.24) is 9.97 Å². The Hall–Kier alpha value is -2.48. The summed E-state index contributed by atoms with van der Waals surface area (Å²) in [6.07, 6.45) is 0. The number of aryl methyl sites for hydroxylation is 2. The van der Waals surface area contributed by atoms with Crippen molar-refractivity contribution < 1.29 is 14.8 Å². The van der Waals surface area contributed by atoms with Gasteiger partial charge in [-0.2, -0.15) is 0 Å². The minimum atomic E-state index is -1.15. The van der Waals surface area contributed by atoms with Crippen molar-refractivity contribution in [2.24, 2.45) is 0 Å². The van der Waals surface area contributed by atoms with Gasteiger partial charge in [-0.3, -0.25) is 10.1 Å². The third kappa shape index (κ3) is 3.54. The Morgan fingerprint density at radius 1 is 1.24 bits per heavy atom. The van der Waals surface area contributed by atoms with Crippen LogP contribution < -0.4 is 0 Å². The van der Waals surface area contributed by atoms with Gasteiger partial charge in [0.05, 0.1) is 15.4 Å². The first kappa shape index (κ1) is 14.9. The van der Waals surface area contributed by atoms with Crippen molar-refractivity contribution >= 4 is 23.4 Å². The lowest BCUT2D eigenvalue weighted by Gasteiger charge is -2.05. The molecule has 0 spiro atoms. The van der Waals surface area contributed by atoms with E-state index in [1.807, 2.05) is 0 Å². The second-order valence-electron chi connectivity index (χ2n) is 4.28. The van der Waals surface area contributed by atoms with Crippen molar-refractivity contribution in [3.8, 4) is 0 Å². The number of carboxylic acids is 1. The predicted molar refractivity (Wildman–Crippen MR) is 75.7 cm³/mol. The number of nitrogens with zero attached hydrogens (tertiary/aromatic N) is 3. The molecular formula is C13H11N3O4S. The van der Waals surface area contributed by atoms with E-state index in [-0.39, 0.29) is 16.1 Å². The smallest absolute Gasteiger partial charge is 0.335 e. The van der Waals surface area contributed by atoms with Crippen LogP contribution in [0.2, 0.25) is 0 Å². The highest BCUT2D eigenvalue weighted by Crippen LogP contribution is 2.34. The molecule has 2 rings (SSSR count). The monoisotopic (exact) mass is 305 g/mol. The molecule has 0 aliphatic heterocycles. The Morgan fingerprint density at radius 2 is 1.86 bits per heavy atom. The van der Waals surface area contributed by atoms with Crippen molar-refractivity contribution in [3.63, 3.8) is 0 Å². The maximum atomic E-state index is 11.0. The number of carbonyl (C=O) groups is 1. The van der Waals surface area contributed by atoms with Gasteiger partial charge >= 0.3 is 5.97 Å². The summed E-state index contributed by atoms with van der Waals surface area (Å²) < 4.78 is 0. The molecule has 7 nitrogen and oxygen atoms in total. The Labute approximate surface area is 124 Å². The van der Waals surface area contributed by atoms with E-state index in [4.69, 9.17) is 5.11 Å². The van der Waals surface area contributed by atoms with Gasteiger partial charge in [-0.25, -0.2) is 14.8 Å². The molecular weight excluding hydrogens is 294 g/mol. The highest BCUT2D eigenvalue weighted by atomic mass is 32.2. The molecule has 1 aromatic heterocycles. The lowest BCUT2D eigenvalue weighted by molar-refractivity contribution is -0.387. The van der Waals surface area contributed by atoms with E-state index in [2.05, 4.69) is 9.97 Å². The van der Waals surface area contributed by atoms with Crippen LogP contribution in [-0.2, 0) is 0 Å². The standard InChI is InChI=1S/C13H11N3O4S/c1-7-5-8(2)15-13(14-7)21-11-6-9(12(17)18)3-4-10(11)16(19)20/h3-6H,1-2H3,(H,17,18). The molecule has 0 saturated heterocycles. The first-order chi connectivity index (χ1) is 9.86. The summed E-state index contributed by atoms with van der Waals surface area (Å²) in [5, 5.41) is 20.4. The number of nitro benzene ring substituents is 1. The molecule has 108 valence electrons. The maximum Gasteiger partial charge on any atom is 0.335 e. The van der Waals surface area contributed by atoms with E-state index < -0.39 is 10.9 Å². The van der Waals surface area contributed by atoms with Gasteiger partial charge in [-0.05, 0) is 43.8 Å². The van der Waals surface area contributed by atoms with Gasteiger partial charge < -0.3 is 5.11 Å². The van der Waals surface area contributed by atoms with Crippen LogP contribution in [-0.4, -0.2) is 26.0 Å². The molecule has 21 heavy (non-hydrogen) atoms. The second-order valence-corrected chi connectivity index (χ2v) is 5.29. The van der Waals surface area contributed by atoms with Crippen LogP contribution in [0.25, 0.3) is 0 Å². The number of aromatic nitrogens is 2. The molecule has 2 aromatic rings. The van der Waals surface area contributed by atoms with Crippen molar-refractivity contribution in [1.29, 1.82) is 0 Å². The summed E-state index contributed by atoms with van der Waals surface area (Å²) in [6.45, 7) is 3.58. The summed E-state index contributed by atoms with van der Waals surface area (Å²) in [7, 11) is 0. The molecule has 0 bridgehead atoms. The molecule has 0 aliphatic carbocycles. The van der Waals surface area contributed by atoms with Gasteiger partial charge in [0.25, 0.3) is 5.69 Å². The molecule has 0 aliphatic rings. The van der Waals surface area contributed by atoms with Crippen molar-refractivity contribution in [2.45, 2.75) is 23.9 Å². The van der Waals surface area contributed by atoms with Crippen LogP contribution in [0.5, 0.6) is 0 Å². The Bertz CT molecular complexity index is 713. The third-order valence-corrected chi connectivity index (χ3v) is 3.48. The Morgan fingerprint density at radius 3 is 2.38 bits per heavy atom. The predicted octanol–water partition coefficient (Wildman–Crippen LogP) is 2.85. The van der Waals surface area contributed by atoms with E-state index >= 15 is 0 Å². The maximum absolute atomic E-state index is 11.0. The largest absolute Gasteiger partial charge is 0.478 e. The minimum Gasteiger partial charge on any atom is -0.478 e. The van der Waals surface area contributed by atoms with E-state index in [0.29, 0.717) is 5.16 Å². The number of aromatic carboxylic acids is 1. The SMILES string of the molecule is Cc1cc(C)nc(Sc2cc(C(=O)O)ccc2[N+](=O)[O-])n1. The van der Waals surface area contributed by atoms with E-state index in [0.717, 1.165) is 23.1 Å². The van der Waals surface area contributed by atoms with Crippen LogP contribution in [0.15, 0.2) is 34.3 Å². The lowest BCUT2D eigenvalue weighted by atomic mass is 10.2. The summed E-state index contributed by atoms with van der Waals surface area (Å²) in [5.74, 6) is -1.15. The highest BCUT2D eigenvalue weighted by molar-refractivity contribution is 7.99. The van der Waals surface area contributed by atoms with Gasteiger partial charge in [0.1, 0.15) is 0 Å². The van der Waals surface area contributed by atoms with Gasteiger partial charge in [0.2, 0.25) is 0 Å². The van der Waals surface area contributed by atoms with Crippen LogP contribution in [0, 0.1) is 24.0 Å². The molecule has 0 saturated carbocycles. The highest BCUT2D eigenvalue weighted by Gasteiger charge is 2.18. The molecule has 1 heterocycles. The zero-order chi connectivity index (χ0) is 15.6. The fourth-order valence-corrected chi connectivity index (χ4v) is 2.73. The number of rotatable bonds is 4. The van der Waals surface area contributed by atoms with Gasteiger partial charge in [-0.1, -0.05) is 0 Å². The fraction of sp³-hybridized carbons (Fsp3) is 0.154. The summed E-state index contributed by atoms with van der Waals surface area (Å²) in [6, 6.07) is 5.42. The second kappa shape index (κ2) is 5.88. The number of carboxylic acid groups (broad SMARTS) is 1. The van der Waals surface area contributed by atoms with Gasteiger partial charge in [-0.15, -0.1) is 0 Å². The normalized spacial score (nSPS) is 10.4. The lowest BCUT2D eigenvalue weighted by Crippen LogP contribution is -1.99. The first-order valence-corrected chi connectivity index (χ1v) is 6.70. The fourth-order valence-electron chi connectivity index (χ4n) is 1.72. The quantitative estimate of drug-likeness (QED) is 0.525. The topological polar surface area (TPSA) is 106 Å². The molecule has 1 aromatic carbocycles. The molecule has 0 fully saturated rings. The van der Waals surface area contributed by atoms with Crippen LogP contribution >= 0.6 is 11.8 Å². The van der Waals surface area contributed by atoms with Crippen LogP contribution in [0.4, 0.5) is 5.69 Å². The number of benzene rings is 1. The van der Waals surface area contributed by atoms with E-state index in [9.17, 15) is 14.9 Å². The molecule has 0 amide bonds. The molecule has 0 radical (unpaired) electrons. The molecule has 0 unspecified atom stereocenters. The van der Waals surface area contributed by atoms with Crippen LogP contribution in [0.3, 0.4) is 0 Å². The Balaban J connectivity index is 2.47. The number of hydrogen-bond donors (Lipinski definition) is 1. The van der Waals surface area contributed by atoms with Crippen molar-refractivity contribution in [3.05, 3.63) is 51.3 Å². The van der Waals surface area contributed by atoms with E-state index in [1.54, 1.807) is 19.9 Å². The third-order valence-electron chi connectivity index (χ3n) is 2.57. The van der Waals surface area contributed by atoms with Gasteiger partial charge in [0.15, 0.2) is 5.16 Å². The number of hydrogen-bond acceptors (Lipinski definition) is 6. The number of nitro groups is 1. The average molecular weight is 305 g/mol. The summed E-state index contributed by atoms with van der Waals surface area (Å²) in [5.41, 5.74) is 1.28. The molecule has 8 heteroatoms. The Kier molecular flexibility index (Phi) is 4.18. The zero-order valence-electron chi connectivity index (χ0n) is 11.2. The average Bonchev–Trinajstić information content (AvgIpc) is 2.36. The molecule has 0 atom stereocenters. The first-order valence-electron chi connectivity index (χ1n) is 5.88. The van der Waals surface area contributed by atoms with E-state index in [1.165, 1.54) is 18.2 Å². The summed E-state index contributed by atoms with van der Waals surface area (Å²) >= 11 is 0.975. The molecule has 1 N–H and O–H groups in total. The minimum absolute atomic E-state index is 0.0209. The van der Waals surface area contributed by atoms with Crippen molar-refractivity contribution in [2.75, 3.05) is 0 Å². The van der Waals surface area contributed by atoms with Gasteiger partial charge in [0, 0.05) is 17.5 Å². The zero-order valence-corrected chi connectivity index (χ0v) is 12.0. The van der Waals surface area contributed by atoms with Crippen LogP contribution in [0.1, 0.15) is 21.7 Å². The summed E-state index contributed by atoms with van der Waals surface area (Å²) in [4.78, 5) is 30.0.